The molecule has 0 aliphatic rings. The molecule has 2 aromatic rings. The van der Waals surface area contributed by atoms with Crippen LogP contribution in [0.3, 0.4) is 0 Å². The summed E-state index contributed by atoms with van der Waals surface area (Å²) in [6.07, 6.45) is 2.63. The molecule has 0 spiro atoms. The molecule has 1 atom stereocenters. The van der Waals surface area contributed by atoms with Crippen LogP contribution in [0, 0.1) is 0 Å². The van der Waals surface area contributed by atoms with E-state index in [2.05, 4.69) is 25.6 Å². The van der Waals surface area contributed by atoms with E-state index in [4.69, 9.17) is 14.2 Å². The van der Waals surface area contributed by atoms with Crippen molar-refractivity contribution in [1.29, 1.82) is 0 Å². The Balaban J connectivity index is 2.14. The molecule has 0 aliphatic heterocycles. The molecule has 1 unspecified atom stereocenters. The van der Waals surface area contributed by atoms with Gasteiger partial charge in [-0.05, 0) is 41.8 Å². The van der Waals surface area contributed by atoms with E-state index >= 15 is 0 Å². The molecule has 5 heteroatoms. The highest BCUT2D eigenvalue weighted by molar-refractivity contribution is 7.80. The third-order valence-electron chi connectivity index (χ3n) is 3.97. The Morgan fingerprint density at radius 3 is 2.28 bits per heavy atom. The molecule has 4 nitrogen and oxygen atoms in total. The third kappa shape index (κ3) is 5.23. The van der Waals surface area contributed by atoms with Gasteiger partial charge >= 0.3 is 0 Å². The number of methoxy groups -OCH3 is 2. The molecule has 0 radical (unpaired) electrons. The molecule has 0 heterocycles. The number of phenolic OH excluding ortho intramolecular Hbond substituents is 1. The molecule has 0 saturated heterocycles. The molecule has 2 aromatic carbocycles. The minimum atomic E-state index is -0.122. The van der Waals surface area contributed by atoms with E-state index in [-0.39, 0.29) is 11.9 Å². The average Bonchev–Trinajstić information content (AvgIpc) is 2.63. The Morgan fingerprint density at radius 2 is 1.64 bits per heavy atom. The lowest BCUT2D eigenvalue weighted by molar-refractivity contribution is 0.216. The number of thiol groups is 1. The lowest BCUT2D eigenvalue weighted by Gasteiger charge is -2.20. The number of aryl methyl sites for hydroxylation is 1. The van der Waals surface area contributed by atoms with E-state index in [0.29, 0.717) is 23.7 Å². The Hall–Kier alpha value is -2.01. The summed E-state index contributed by atoms with van der Waals surface area (Å²) < 4.78 is 16.8. The first-order chi connectivity index (χ1) is 12.1. The number of aromatic hydroxyl groups is 1. The lowest BCUT2D eigenvalue weighted by Crippen LogP contribution is -2.22. The molecule has 1 N–H and O–H groups in total. The van der Waals surface area contributed by atoms with E-state index < -0.39 is 0 Å². The highest BCUT2D eigenvalue weighted by atomic mass is 32.1. The van der Waals surface area contributed by atoms with Crippen LogP contribution in [-0.4, -0.2) is 31.2 Å². The molecular formula is C20H26O4S. The van der Waals surface area contributed by atoms with E-state index in [1.54, 1.807) is 13.2 Å². The van der Waals surface area contributed by atoms with Crippen LogP contribution in [-0.2, 0) is 12.8 Å². The Labute approximate surface area is 155 Å². The smallest absolute Gasteiger partial charge is 0.161 e. The zero-order chi connectivity index (χ0) is 18.2. The molecule has 25 heavy (non-hydrogen) atoms. The van der Waals surface area contributed by atoms with Crippen molar-refractivity contribution < 1.29 is 19.3 Å². The highest BCUT2D eigenvalue weighted by Crippen LogP contribution is 2.31. The van der Waals surface area contributed by atoms with Crippen LogP contribution >= 0.6 is 12.6 Å². The topological polar surface area (TPSA) is 47.9 Å². The van der Waals surface area contributed by atoms with Crippen molar-refractivity contribution >= 4 is 12.6 Å². The summed E-state index contributed by atoms with van der Waals surface area (Å²) in [7, 11) is 3.19. The summed E-state index contributed by atoms with van der Waals surface area (Å²) in [5.74, 6) is 2.59. The average molecular weight is 362 g/mol. The maximum atomic E-state index is 9.71. The van der Waals surface area contributed by atoms with Crippen LogP contribution in [0.5, 0.6) is 23.0 Å². The molecule has 0 aliphatic carbocycles. The first kappa shape index (κ1) is 19.3. The summed E-state index contributed by atoms with van der Waals surface area (Å²) in [5, 5.41) is 9.71. The van der Waals surface area contributed by atoms with Gasteiger partial charge in [0.2, 0.25) is 0 Å². The summed E-state index contributed by atoms with van der Waals surface area (Å²) in [5.41, 5.74) is 2.24. The molecule has 0 aromatic heterocycles. The molecule has 136 valence electrons. The Kier molecular flexibility index (Phi) is 7.31. The third-order valence-corrected chi connectivity index (χ3v) is 4.38. The van der Waals surface area contributed by atoms with E-state index in [9.17, 15) is 5.11 Å². The van der Waals surface area contributed by atoms with Crippen molar-refractivity contribution in [2.45, 2.75) is 32.3 Å². The van der Waals surface area contributed by atoms with Gasteiger partial charge in [-0.2, -0.15) is 12.6 Å². The van der Waals surface area contributed by atoms with E-state index in [0.717, 1.165) is 24.2 Å². The maximum absolute atomic E-state index is 9.71. The second-order valence-corrected chi connectivity index (χ2v) is 6.23. The Morgan fingerprint density at radius 1 is 0.960 bits per heavy atom. The highest BCUT2D eigenvalue weighted by Gasteiger charge is 2.15. The van der Waals surface area contributed by atoms with Crippen molar-refractivity contribution in [1.82, 2.24) is 0 Å². The Bertz CT molecular complexity index is 687. The number of hydrogen-bond donors (Lipinski definition) is 2. The minimum Gasteiger partial charge on any atom is -0.504 e. The largest absolute Gasteiger partial charge is 0.504 e. The monoisotopic (exact) mass is 362 g/mol. The normalized spacial score (nSPS) is 11.8. The molecule has 0 fully saturated rings. The molecule has 0 saturated carbocycles. The van der Waals surface area contributed by atoms with Crippen molar-refractivity contribution in [3.63, 3.8) is 0 Å². The van der Waals surface area contributed by atoms with Crippen LogP contribution in [0.2, 0.25) is 0 Å². The lowest BCUT2D eigenvalue weighted by atomic mass is 10.1. The van der Waals surface area contributed by atoms with Gasteiger partial charge in [-0.25, -0.2) is 0 Å². The van der Waals surface area contributed by atoms with Gasteiger partial charge in [0.1, 0.15) is 6.10 Å². The number of phenols is 1. The second-order valence-electron chi connectivity index (χ2n) is 5.87. The quantitative estimate of drug-likeness (QED) is 0.654. The predicted octanol–water partition coefficient (Wildman–Crippen LogP) is 4.28. The van der Waals surface area contributed by atoms with Gasteiger partial charge < -0.3 is 19.3 Å². The van der Waals surface area contributed by atoms with Crippen LogP contribution in [0.15, 0.2) is 36.4 Å². The van der Waals surface area contributed by atoms with Gasteiger partial charge in [0.15, 0.2) is 23.0 Å². The maximum Gasteiger partial charge on any atom is 0.161 e. The van der Waals surface area contributed by atoms with Crippen LogP contribution in [0.4, 0.5) is 0 Å². The van der Waals surface area contributed by atoms with Crippen molar-refractivity contribution in [2.75, 3.05) is 20.0 Å². The van der Waals surface area contributed by atoms with Crippen molar-refractivity contribution in [3.8, 4) is 23.0 Å². The zero-order valence-corrected chi connectivity index (χ0v) is 15.9. The first-order valence-electron chi connectivity index (χ1n) is 8.41. The summed E-state index contributed by atoms with van der Waals surface area (Å²) in [6, 6.07) is 11.4. The number of rotatable bonds is 9. The fourth-order valence-electron chi connectivity index (χ4n) is 2.69. The summed E-state index contributed by atoms with van der Waals surface area (Å²) in [6.45, 7) is 2.15. The summed E-state index contributed by atoms with van der Waals surface area (Å²) >= 11 is 4.42. The SMILES string of the molecule is CCCc1ccc(OC(CS)Cc2ccc(O)c(OC)c2)c(OC)c1. The molecule has 2 rings (SSSR count). The van der Waals surface area contributed by atoms with Crippen molar-refractivity contribution in [3.05, 3.63) is 47.5 Å². The van der Waals surface area contributed by atoms with Gasteiger partial charge in [0.05, 0.1) is 14.2 Å². The predicted molar refractivity (Wildman–Crippen MR) is 104 cm³/mol. The van der Waals surface area contributed by atoms with Crippen LogP contribution in [0.1, 0.15) is 24.5 Å². The van der Waals surface area contributed by atoms with Gasteiger partial charge in [-0.3, -0.25) is 0 Å². The number of benzene rings is 2. The van der Waals surface area contributed by atoms with E-state index in [1.165, 1.54) is 12.7 Å². The molecule has 0 amide bonds. The molecule has 0 bridgehead atoms. The second kappa shape index (κ2) is 9.47. The zero-order valence-electron chi connectivity index (χ0n) is 15.0. The molecular weight excluding hydrogens is 336 g/mol. The van der Waals surface area contributed by atoms with Gasteiger partial charge in [0, 0.05) is 12.2 Å². The fourth-order valence-corrected chi connectivity index (χ4v) is 2.89. The van der Waals surface area contributed by atoms with Crippen LogP contribution < -0.4 is 14.2 Å². The van der Waals surface area contributed by atoms with Crippen molar-refractivity contribution in [2.24, 2.45) is 0 Å². The minimum absolute atomic E-state index is 0.122. The first-order valence-corrected chi connectivity index (χ1v) is 9.04. The number of ether oxygens (including phenoxy) is 3. The van der Waals surface area contributed by atoms with Gasteiger partial charge in [-0.1, -0.05) is 25.5 Å². The standard InChI is InChI=1S/C20H26O4S/c1-4-5-14-7-9-18(20(11-14)23-3)24-16(13-25)10-15-6-8-17(21)19(12-15)22-2/h6-9,11-12,16,21,25H,4-5,10,13H2,1-3H3. The summed E-state index contributed by atoms with van der Waals surface area (Å²) in [4.78, 5) is 0. The van der Waals surface area contributed by atoms with Crippen LogP contribution in [0.25, 0.3) is 0 Å². The van der Waals surface area contributed by atoms with Gasteiger partial charge in [0.25, 0.3) is 0 Å². The fraction of sp³-hybridized carbons (Fsp3) is 0.400. The number of hydrogen-bond acceptors (Lipinski definition) is 5. The van der Waals surface area contributed by atoms with Gasteiger partial charge in [-0.15, -0.1) is 0 Å². The van der Waals surface area contributed by atoms with E-state index in [1.807, 2.05) is 24.3 Å².